The Morgan fingerprint density at radius 3 is 2.22 bits per heavy atom. The Kier molecular flexibility index (Phi) is 3.62. The standard InChI is InChI=1S/C20H19NO2/c22-12-17(23)11-21-10-16-7-6-15-5-4-13-2-1-3-14-8-9-18(16)20(15)19(13)14/h1-9,17,21-23H,10-12H2. The van der Waals surface area contributed by atoms with Gasteiger partial charge in [0, 0.05) is 13.1 Å². The van der Waals surface area contributed by atoms with Crippen LogP contribution >= 0.6 is 0 Å². The van der Waals surface area contributed by atoms with E-state index >= 15 is 0 Å². The first-order valence-corrected chi connectivity index (χ1v) is 7.93. The van der Waals surface area contributed by atoms with Crippen LogP contribution in [0.15, 0.2) is 54.6 Å². The molecule has 0 amide bonds. The van der Waals surface area contributed by atoms with Gasteiger partial charge in [0.15, 0.2) is 0 Å². The third-order valence-electron chi connectivity index (χ3n) is 4.53. The highest BCUT2D eigenvalue weighted by Gasteiger charge is 2.10. The van der Waals surface area contributed by atoms with Gasteiger partial charge in [0.05, 0.1) is 12.7 Å². The monoisotopic (exact) mass is 305 g/mol. The predicted molar refractivity (Wildman–Crippen MR) is 94.9 cm³/mol. The zero-order valence-corrected chi connectivity index (χ0v) is 12.8. The average molecular weight is 305 g/mol. The van der Waals surface area contributed by atoms with Crippen LogP contribution in [-0.4, -0.2) is 29.5 Å². The molecule has 0 radical (unpaired) electrons. The number of hydrogen-bond donors (Lipinski definition) is 3. The Bertz CT molecular complexity index is 948. The fourth-order valence-electron chi connectivity index (χ4n) is 3.39. The van der Waals surface area contributed by atoms with E-state index in [2.05, 4.69) is 59.9 Å². The molecule has 3 N–H and O–H groups in total. The highest BCUT2D eigenvalue weighted by atomic mass is 16.3. The molecule has 0 saturated carbocycles. The lowest BCUT2D eigenvalue weighted by molar-refractivity contribution is 0.0942. The first-order valence-electron chi connectivity index (χ1n) is 7.93. The van der Waals surface area contributed by atoms with Crippen molar-refractivity contribution in [1.29, 1.82) is 0 Å². The Hall–Kier alpha value is -2.20. The molecule has 4 rings (SSSR count). The van der Waals surface area contributed by atoms with Gasteiger partial charge >= 0.3 is 0 Å². The van der Waals surface area contributed by atoms with Gasteiger partial charge in [0.25, 0.3) is 0 Å². The Morgan fingerprint density at radius 1 is 0.826 bits per heavy atom. The Morgan fingerprint density at radius 2 is 1.48 bits per heavy atom. The number of benzene rings is 4. The van der Waals surface area contributed by atoms with Crippen LogP contribution in [0.2, 0.25) is 0 Å². The number of aliphatic hydroxyl groups excluding tert-OH is 2. The van der Waals surface area contributed by atoms with Gasteiger partial charge in [0.2, 0.25) is 0 Å². The van der Waals surface area contributed by atoms with Crippen molar-refractivity contribution in [3.8, 4) is 0 Å². The van der Waals surface area contributed by atoms with E-state index < -0.39 is 6.10 Å². The fraction of sp³-hybridized carbons (Fsp3) is 0.200. The van der Waals surface area contributed by atoms with Crippen molar-refractivity contribution in [2.45, 2.75) is 12.6 Å². The van der Waals surface area contributed by atoms with E-state index in [1.807, 2.05) is 0 Å². The minimum Gasteiger partial charge on any atom is -0.394 e. The fourth-order valence-corrected chi connectivity index (χ4v) is 3.39. The van der Waals surface area contributed by atoms with E-state index in [1.54, 1.807) is 0 Å². The van der Waals surface area contributed by atoms with Crippen molar-refractivity contribution in [1.82, 2.24) is 5.32 Å². The Balaban J connectivity index is 1.83. The summed E-state index contributed by atoms with van der Waals surface area (Å²) in [5.41, 5.74) is 1.21. The van der Waals surface area contributed by atoms with Crippen molar-refractivity contribution >= 4 is 32.3 Å². The maximum absolute atomic E-state index is 9.46. The molecule has 1 atom stereocenters. The van der Waals surface area contributed by atoms with Gasteiger partial charge < -0.3 is 15.5 Å². The van der Waals surface area contributed by atoms with Crippen LogP contribution in [0.3, 0.4) is 0 Å². The highest BCUT2D eigenvalue weighted by molar-refractivity contribution is 6.23. The molecule has 23 heavy (non-hydrogen) atoms. The lowest BCUT2D eigenvalue weighted by Crippen LogP contribution is -2.28. The maximum atomic E-state index is 9.46. The molecule has 0 fully saturated rings. The van der Waals surface area contributed by atoms with E-state index in [1.165, 1.54) is 37.9 Å². The molecule has 4 aromatic carbocycles. The molecule has 0 saturated heterocycles. The lowest BCUT2D eigenvalue weighted by Gasteiger charge is -2.15. The Labute approximate surface area is 134 Å². The van der Waals surface area contributed by atoms with Crippen LogP contribution < -0.4 is 5.32 Å². The third kappa shape index (κ3) is 2.43. The summed E-state index contributed by atoms with van der Waals surface area (Å²) in [7, 11) is 0. The highest BCUT2D eigenvalue weighted by Crippen LogP contribution is 2.35. The molecule has 1 unspecified atom stereocenters. The van der Waals surface area contributed by atoms with Crippen molar-refractivity contribution in [3.63, 3.8) is 0 Å². The van der Waals surface area contributed by atoms with Gasteiger partial charge in [-0.05, 0) is 37.9 Å². The molecule has 0 aliphatic carbocycles. The SMILES string of the molecule is OCC(O)CNCc1ccc2ccc3cccc4ccc1c2c34. The molecule has 4 aromatic rings. The van der Waals surface area contributed by atoms with E-state index in [4.69, 9.17) is 5.11 Å². The van der Waals surface area contributed by atoms with Crippen molar-refractivity contribution in [2.75, 3.05) is 13.2 Å². The molecular formula is C20H19NO2. The number of aliphatic hydroxyl groups is 2. The van der Waals surface area contributed by atoms with Gasteiger partial charge in [-0.25, -0.2) is 0 Å². The molecular weight excluding hydrogens is 286 g/mol. The smallest absolute Gasteiger partial charge is 0.0895 e. The summed E-state index contributed by atoms with van der Waals surface area (Å²) in [6, 6.07) is 19.4. The van der Waals surface area contributed by atoms with Gasteiger partial charge in [0.1, 0.15) is 0 Å². The second-order valence-electron chi connectivity index (χ2n) is 6.05. The molecule has 0 heterocycles. The van der Waals surface area contributed by atoms with Crippen molar-refractivity contribution < 1.29 is 10.2 Å². The summed E-state index contributed by atoms with van der Waals surface area (Å²) in [5, 5.41) is 29.2. The van der Waals surface area contributed by atoms with Crippen LogP contribution in [0.25, 0.3) is 32.3 Å². The molecule has 0 aliphatic rings. The number of rotatable bonds is 5. The molecule has 0 spiro atoms. The zero-order valence-electron chi connectivity index (χ0n) is 12.8. The molecule has 116 valence electrons. The normalized spacial score (nSPS) is 13.3. The number of nitrogens with one attached hydrogen (secondary N) is 1. The summed E-state index contributed by atoms with van der Waals surface area (Å²) in [6.07, 6.45) is -0.713. The second kappa shape index (κ2) is 5.78. The van der Waals surface area contributed by atoms with E-state index in [-0.39, 0.29) is 6.61 Å². The van der Waals surface area contributed by atoms with Crippen LogP contribution in [0.5, 0.6) is 0 Å². The minimum absolute atomic E-state index is 0.217. The quantitative estimate of drug-likeness (QED) is 0.497. The third-order valence-corrected chi connectivity index (χ3v) is 4.53. The summed E-state index contributed by atoms with van der Waals surface area (Å²) < 4.78 is 0. The lowest BCUT2D eigenvalue weighted by atomic mass is 9.92. The summed E-state index contributed by atoms with van der Waals surface area (Å²) in [5.74, 6) is 0. The molecule has 3 heteroatoms. The van der Waals surface area contributed by atoms with Gasteiger partial charge in [-0.2, -0.15) is 0 Å². The summed E-state index contributed by atoms with van der Waals surface area (Å²) in [6.45, 7) is 0.842. The number of hydrogen-bond acceptors (Lipinski definition) is 3. The summed E-state index contributed by atoms with van der Waals surface area (Å²) >= 11 is 0. The topological polar surface area (TPSA) is 52.5 Å². The minimum atomic E-state index is -0.713. The van der Waals surface area contributed by atoms with Gasteiger partial charge in [-0.15, -0.1) is 0 Å². The molecule has 0 aliphatic heterocycles. The van der Waals surface area contributed by atoms with E-state index in [0.29, 0.717) is 13.1 Å². The van der Waals surface area contributed by atoms with Crippen molar-refractivity contribution in [2.24, 2.45) is 0 Å². The molecule has 0 aromatic heterocycles. The van der Waals surface area contributed by atoms with Crippen LogP contribution in [0, 0.1) is 0 Å². The molecule has 3 nitrogen and oxygen atoms in total. The molecule has 0 bridgehead atoms. The average Bonchev–Trinajstić information content (AvgIpc) is 2.60. The zero-order chi connectivity index (χ0) is 15.8. The van der Waals surface area contributed by atoms with Crippen LogP contribution in [-0.2, 0) is 6.54 Å². The van der Waals surface area contributed by atoms with Gasteiger partial charge in [-0.3, -0.25) is 0 Å². The first kappa shape index (κ1) is 14.4. The van der Waals surface area contributed by atoms with E-state index in [0.717, 1.165) is 0 Å². The van der Waals surface area contributed by atoms with E-state index in [9.17, 15) is 5.11 Å². The van der Waals surface area contributed by atoms with Crippen LogP contribution in [0.1, 0.15) is 5.56 Å². The van der Waals surface area contributed by atoms with Crippen LogP contribution in [0.4, 0.5) is 0 Å². The maximum Gasteiger partial charge on any atom is 0.0895 e. The first-order chi connectivity index (χ1) is 11.3. The summed E-state index contributed by atoms with van der Waals surface area (Å²) in [4.78, 5) is 0. The largest absolute Gasteiger partial charge is 0.394 e. The predicted octanol–water partition coefficient (Wildman–Crippen LogP) is 3.03. The second-order valence-corrected chi connectivity index (χ2v) is 6.05. The van der Waals surface area contributed by atoms with Crippen molar-refractivity contribution in [3.05, 3.63) is 60.2 Å². The van der Waals surface area contributed by atoms with Gasteiger partial charge in [-0.1, -0.05) is 54.6 Å².